The summed E-state index contributed by atoms with van der Waals surface area (Å²) in [5.74, 6) is 0.461. The van der Waals surface area contributed by atoms with Gasteiger partial charge < -0.3 is 15.2 Å². The third-order valence-corrected chi connectivity index (χ3v) is 5.33. The van der Waals surface area contributed by atoms with E-state index in [0.717, 1.165) is 17.3 Å². The second kappa shape index (κ2) is 9.09. The minimum atomic E-state index is -0.380. The molecule has 9 heteroatoms. The minimum Gasteiger partial charge on any atom is -0.490 e. The fourth-order valence-corrected chi connectivity index (χ4v) is 3.86. The van der Waals surface area contributed by atoms with E-state index in [4.69, 9.17) is 50.0 Å². The topological polar surface area (TPSA) is 73.9 Å². The van der Waals surface area contributed by atoms with Crippen LogP contribution in [0.1, 0.15) is 18.1 Å². The van der Waals surface area contributed by atoms with Crippen LogP contribution in [0, 0.1) is 0 Å². The van der Waals surface area contributed by atoms with Crippen molar-refractivity contribution in [2.75, 3.05) is 6.61 Å². The van der Waals surface area contributed by atoms with E-state index in [1.165, 1.54) is 0 Å². The molecule has 3 rings (SSSR count). The molecule has 0 radical (unpaired) electrons. The number of hydrogen-bond acceptors (Lipinski definition) is 5. The first-order chi connectivity index (χ1) is 13.4. The van der Waals surface area contributed by atoms with E-state index in [1.54, 1.807) is 36.4 Å². The molecule has 1 heterocycles. The standard InChI is InChI=1S/C19H15Cl3N2O3S/c1-2-26-15-6-10(7-16-18(25)24-19(23)28-16)5-14(22)17(15)27-9-11-3-4-12(20)8-13(11)21/h3-8H,2,9H2,1H3,(H2,23,24,25). The van der Waals surface area contributed by atoms with E-state index in [9.17, 15) is 4.79 Å². The predicted octanol–water partition coefficient (Wildman–Crippen LogP) is 5.55. The number of carbonyl (C=O) groups excluding carboxylic acids is 1. The van der Waals surface area contributed by atoms with Gasteiger partial charge in [0.2, 0.25) is 0 Å². The van der Waals surface area contributed by atoms with Crippen molar-refractivity contribution in [2.45, 2.75) is 13.5 Å². The summed E-state index contributed by atoms with van der Waals surface area (Å²) >= 11 is 19.6. The van der Waals surface area contributed by atoms with Gasteiger partial charge >= 0.3 is 0 Å². The van der Waals surface area contributed by atoms with Gasteiger partial charge in [0.1, 0.15) is 6.61 Å². The van der Waals surface area contributed by atoms with Gasteiger partial charge in [-0.25, -0.2) is 0 Å². The first-order valence-corrected chi connectivity index (χ1v) is 10.1. The number of thioether (sulfide) groups is 1. The Morgan fingerprint density at radius 1 is 1.14 bits per heavy atom. The van der Waals surface area contributed by atoms with Crippen molar-refractivity contribution in [1.29, 1.82) is 0 Å². The third kappa shape index (κ3) is 4.94. The van der Waals surface area contributed by atoms with Crippen LogP contribution < -0.4 is 15.2 Å². The van der Waals surface area contributed by atoms with Gasteiger partial charge in [-0.15, -0.1) is 0 Å². The van der Waals surface area contributed by atoms with Crippen molar-refractivity contribution in [3.8, 4) is 11.5 Å². The molecule has 0 saturated heterocycles. The third-order valence-electron chi connectivity index (χ3n) is 3.65. The maximum Gasteiger partial charge on any atom is 0.286 e. The lowest BCUT2D eigenvalue weighted by Gasteiger charge is -2.15. The molecule has 0 unspecified atom stereocenters. The molecule has 2 aromatic rings. The van der Waals surface area contributed by atoms with Gasteiger partial charge in [-0.2, -0.15) is 4.99 Å². The number of nitrogens with two attached hydrogens (primary N) is 1. The van der Waals surface area contributed by atoms with E-state index in [2.05, 4.69) is 4.99 Å². The van der Waals surface area contributed by atoms with Crippen LogP contribution in [0.4, 0.5) is 0 Å². The van der Waals surface area contributed by atoms with Crippen LogP contribution in [0.15, 0.2) is 40.2 Å². The molecule has 146 valence electrons. The van der Waals surface area contributed by atoms with Crippen LogP contribution in [0.5, 0.6) is 11.5 Å². The minimum absolute atomic E-state index is 0.189. The summed E-state index contributed by atoms with van der Waals surface area (Å²) in [5.41, 5.74) is 7.01. The summed E-state index contributed by atoms with van der Waals surface area (Å²) in [4.78, 5) is 15.9. The summed E-state index contributed by atoms with van der Waals surface area (Å²) in [7, 11) is 0. The Balaban J connectivity index is 1.87. The fraction of sp³-hybridized carbons (Fsp3) is 0.158. The molecular weight excluding hydrogens is 443 g/mol. The molecule has 5 nitrogen and oxygen atoms in total. The maximum absolute atomic E-state index is 11.8. The Morgan fingerprint density at radius 3 is 2.57 bits per heavy atom. The average Bonchev–Trinajstić information content (AvgIpc) is 2.93. The lowest BCUT2D eigenvalue weighted by Crippen LogP contribution is -2.01. The second-order valence-electron chi connectivity index (χ2n) is 5.65. The molecule has 0 bridgehead atoms. The van der Waals surface area contributed by atoms with Crippen molar-refractivity contribution in [1.82, 2.24) is 0 Å². The van der Waals surface area contributed by atoms with E-state index < -0.39 is 0 Å². The number of amidine groups is 1. The molecule has 2 aromatic carbocycles. The number of benzene rings is 2. The van der Waals surface area contributed by atoms with Crippen LogP contribution in [-0.4, -0.2) is 17.7 Å². The Hall–Kier alpha value is -1.86. The lowest BCUT2D eigenvalue weighted by atomic mass is 10.1. The van der Waals surface area contributed by atoms with Crippen molar-refractivity contribution in [2.24, 2.45) is 10.7 Å². The highest BCUT2D eigenvalue weighted by Gasteiger charge is 2.20. The van der Waals surface area contributed by atoms with Crippen molar-refractivity contribution < 1.29 is 14.3 Å². The van der Waals surface area contributed by atoms with Gasteiger partial charge in [0.05, 0.1) is 16.5 Å². The number of aliphatic imine (C=N–C) groups is 1. The second-order valence-corrected chi connectivity index (χ2v) is 7.97. The van der Waals surface area contributed by atoms with Gasteiger partial charge in [-0.3, -0.25) is 4.79 Å². The zero-order chi connectivity index (χ0) is 20.3. The summed E-state index contributed by atoms with van der Waals surface area (Å²) in [5, 5.41) is 1.60. The first-order valence-electron chi connectivity index (χ1n) is 8.18. The van der Waals surface area contributed by atoms with E-state index in [0.29, 0.717) is 43.6 Å². The maximum atomic E-state index is 11.8. The number of amides is 1. The Kier molecular flexibility index (Phi) is 6.78. The molecule has 28 heavy (non-hydrogen) atoms. The van der Waals surface area contributed by atoms with E-state index >= 15 is 0 Å². The van der Waals surface area contributed by atoms with E-state index in [1.807, 2.05) is 6.92 Å². The number of rotatable bonds is 6. The summed E-state index contributed by atoms with van der Waals surface area (Å²) in [6, 6.07) is 8.58. The number of nitrogens with zero attached hydrogens (tertiary/aromatic N) is 1. The molecule has 0 aromatic heterocycles. The fourth-order valence-electron chi connectivity index (χ4n) is 2.44. The molecule has 0 atom stereocenters. The molecule has 1 aliphatic rings. The monoisotopic (exact) mass is 456 g/mol. The van der Waals surface area contributed by atoms with E-state index in [-0.39, 0.29) is 17.7 Å². The molecule has 0 spiro atoms. The zero-order valence-electron chi connectivity index (χ0n) is 14.7. The summed E-state index contributed by atoms with van der Waals surface area (Å²) in [6.07, 6.45) is 1.66. The predicted molar refractivity (Wildman–Crippen MR) is 116 cm³/mol. The van der Waals surface area contributed by atoms with Gasteiger partial charge in [-0.1, -0.05) is 40.9 Å². The Morgan fingerprint density at radius 2 is 1.93 bits per heavy atom. The van der Waals surface area contributed by atoms with Crippen molar-refractivity contribution in [3.05, 3.63) is 61.4 Å². The van der Waals surface area contributed by atoms with Gasteiger partial charge in [0.25, 0.3) is 5.91 Å². The molecule has 0 saturated carbocycles. The highest BCUT2D eigenvalue weighted by atomic mass is 35.5. The quantitative estimate of drug-likeness (QED) is 0.575. The van der Waals surface area contributed by atoms with Crippen molar-refractivity contribution >= 4 is 63.7 Å². The van der Waals surface area contributed by atoms with Crippen LogP contribution in [0.2, 0.25) is 15.1 Å². The highest BCUT2D eigenvalue weighted by Crippen LogP contribution is 2.39. The smallest absolute Gasteiger partial charge is 0.286 e. The first kappa shape index (κ1) is 20.9. The average molecular weight is 458 g/mol. The Labute approximate surface area is 181 Å². The molecule has 1 amide bonds. The van der Waals surface area contributed by atoms with Gasteiger partial charge in [-0.05, 0) is 54.6 Å². The molecule has 1 aliphatic heterocycles. The summed E-state index contributed by atoms with van der Waals surface area (Å²) < 4.78 is 11.5. The van der Waals surface area contributed by atoms with Crippen LogP contribution in [-0.2, 0) is 11.4 Å². The molecule has 0 fully saturated rings. The van der Waals surface area contributed by atoms with Crippen molar-refractivity contribution in [3.63, 3.8) is 0 Å². The largest absolute Gasteiger partial charge is 0.490 e. The lowest BCUT2D eigenvalue weighted by molar-refractivity contribution is -0.113. The number of carbonyl (C=O) groups is 1. The Bertz CT molecular complexity index is 993. The SMILES string of the molecule is CCOc1cc(C=C2SC(N)=NC2=O)cc(Cl)c1OCc1ccc(Cl)cc1Cl. The number of hydrogen-bond donors (Lipinski definition) is 1. The normalized spacial score (nSPS) is 15.1. The van der Waals surface area contributed by atoms with Crippen LogP contribution in [0.3, 0.4) is 0 Å². The highest BCUT2D eigenvalue weighted by molar-refractivity contribution is 8.18. The van der Waals surface area contributed by atoms with Crippen LogP contribution >= 0.6 is 46.6 Å². The van der Waals surface area contributed by atoms with Gasteiger partial charge in [0, 0.05) is 15.6 Å². The summed E-state index contributed by atoms with van der Waals surface area (Å²) in [6.45, 7) is 2.46. The van der Waals surface area contributed by atoms with Crippen LogP contribution in [0.25, 0.3) is 6.08 Å². The molecule has 0 aliphatic carbocycles. The number of ether oxygens (including phenoxy) is 2. The molecule has 2 N–H and O–H groups in total. The van der Waals surface area contributed by atoms with Gasteiger partial charge in [0.15, 0.2) is 16.7 Å². The molecular formula is C19H15Cl3N2O3S. The zero-order valence-corrected chi connectivity index (χ0v) is 17.8. The number of halogens is 3.